The predicted octanol–water partition coefficient (Wildman–Crippen LogP) is 2.86. The second kappa shape index (κ2) is 4.70. The molecule has 0 bridgehead atoms. The van der Waals surface area contributed by atoms with Gasteiger partial charge in [0.05, 0.1) is 19.5 Å². The number of benzene rings is 2. The van der Waals surface area contributed by atoms with Crippen LogP contribution in [0, 0.1) is 0 Å². The number of nitrogens with zero attached hydrogens (tertiary/aromatic N) is 1. The first-order chi connectivity index (χ1) is 11.8. The van der Waals surface area contributed by atoms with E-state index in [2.05, 4.69) is 9.72 Å². The minimum atomic E-state index is -0.653. The summed E-state index contributed by atoms with van der Waals surface area (Å²) in [6, 6.07) is 0.372. The van der Waals surface area contributed by atoms with Crippen LogP contribution in [0.5, 0.6) is 0 Å². The number of nitrogen functional groups attached to an aromatic ring is 1. The average Bonchev–Trinajstić information content (AvgIpc) is 2.99. The van der Waals surface area contributed by atoms with Crippen LogP contribution < -0.4 is 5.73 Å². The van der Waals surface area contributed by atoms with Crippen LogP contribution in [0.15, 0.2) is 46.8 Å². The average molecular weight is 273 g/mol. The zero-order valence-electron chi connectivity index (χ0n) is 15.4. The number of aromatic nitrogens is 1. The van der Waals surface area contributed by atoms with Crippen LogP contribution in [-0.2, 0) is 4.74 Å². The molecule has 1 heterocycles. The molecule has 2 aromatic carbocycles. The molecule has 0 aliphatic heterocycles. The standard InChI is InChI=1S/C15H12N2O3/c1-19-15(18)10-7-13-12(8-11(10)16)17-14(20-13)9-5-3-2-4-6-9/h2-8H,16H2,1H3/i2D,3D,4D,5D,6D. The van der Waals surface area contributed by atoms with Gasteiger partial charge in [-0.25, -0.2) is 9.78 Å². The fraction of sp³-hybridized carbons (Fsp3) is 0.0667. The van der Waals surface area contributed by atoms with Crippen molar-refractivity contribution in [1.82, 2.24) is 4.98 Å². The van der Waals surface area contributed by atoms with E-state index in [1.165, 1.54) is 19.2 Å². The predicted molar refractivity (Wildman–Crippen MR) is 75.2 cm³/mol. The Morgan fingerprint density at radius 1 is 1.35 bits per heavy atom. The van der Waals surface area contributed by atoms with Crippen molar-refractivity contribution < 1.29 is 20.8 Å². The fourth-order valence-corrected chi connectivity index (χ4v) is 1.74. The molecule has 0 radical (unpaired) electrons. The van der Waals surface area contributed by atoms with E-state index in [1.807, 2.05) is 0 Å². The minimum absolute atomic E-state index is 0.0822. The molecule has 0 saturated carbocycles. The number of esters is 1. The highest BCUT2D eigenvalue weighted by Crippen LogP contribution is 2.27. The minimum Gasteiger partial charge on any atom is -0.465 e. The molecule has 5 nitrogen and oxygen atoms in total. The highest BCUT2D eigenvalue weighted by molar-refractivity contribution is 5.99. The van der Waals surface area contributed by atoms with Gasteiger partial charge in [-0.15, -0.1) is 0 Å². The maximum Gasteiger partial charge on any atom is 0.340 e. The van der Waals surface area contributed by atoms with Crippen molar-refractivity contribution in [2.45, 2.75) is 0 Å². The smallest absolute Gasteiger partial charge is 0.340 e. The first kappa shape index (κ1) is 7.69. The van der Waals surface area contributed by atoms with Gasteiger partial charge < -0.3 is 14.9 Å². The molecule has 0 aliphatic carbocycles. The largest absolute Gasteiger partial charge is 0.465 e. The summed E-state index contributed by atoms with van der Waals surface area (Å²) in [5.41, 5.74) is 6.30. The Kier molecular flexibility index (Phi) is 1.81. The number of nitrogens with two attached hydrogens (primary N) is 1. The van der Waals surface area contributed by atoms with Gasteiger partial charge in [-0.05, 0) is 24.2 Å². The lowest BCUT2D eigenvalue weighted by Gasteiger charge is -2.01. The molecule has 1 aromatic heterocycles. The van der Waals surface area contributed by atoms with Crippen molar-refractivity contribution in [3.05, 3.63) is 47.9 Å². The molecule has 100 valence electrons. The fourth-order valence-electron chi connectivity index (χ4n) is 1.74. The van der Waals surface area contributed by atoms with Crippen LogP contribution >= 0.6 is 0 Å². The normalized spacial score (nSPS) is 14.2. The maximum atomic E-state index is 11.7. The summed E-state index contributed by atoms with van der Waals surface area (Å²) >= 11 is 0. The second-order valence-corrected chi connectivity index (χ2v) is 3.92. The summed E-state index contributed by atoms with van der Waals surface area (Å²) in [5.74, 6) is -0.812. The third-order valence-electron chi connectivity index (χ3n) is 2.68. The van der Waals surface area contributed by atoms with Gasteiger partial charge in [-0.3, -0.25) is 0 Å². The Balaban J connectivity index is 2.27. The van der Waals surface area contributed by atoms with Gasteiger partial charge in [-0.2, -0.15) is 0 Å². The summed E-state index contributed by atoms with van der Waals surface area (Å²) in [6.45, 7) is 0. The molecule has 0 aliphatic rings. The van der Waals surface area contributed by atoms with Crippen molar-refractivity contribution in [2.24, 2.45) is 0 Å². The highest BCUT2D eigenvalue weighted by Gasteiger charge is 2.15. The summed E-state index contributed by atoms with van der Waals surface area (Å²) in [7, 11) is 1.21. The Labute approximate surface area is 122 Å². The molecular formula is C15H12N2O3. The van der Waals surface area contributed by atoms with Crippen molar-refractivity contribution in [1.29, 1.82) is 0 Å². The summed E-state index contributed by atoms with van der Waals surface area (Å²) in [4.78, 5) is 15.8. The van der Waals surface area contributed by atoms with Crippen molar-refractivity contribution in [3.8, 4) is 11.5 Å². The van der Waals surface area contributed by atoms with Crippen molar-refractivity contribution in [3.63, 3.8) is 0 Å². The highest BCUT2D eigenvalue weighted by atomic mass is 16.5. The van der Waals surface area contributed by atoms with Gasteiger partial charge in [0.1, 0.15) is 5.52 Å². The SMILES string of the molecule is [2H]c1c([2H])c([2H])c(-c2nc3cc(N)c(C(=O)OC)cc3o2)c([2H])c1[2H]. The van der Waals surface area contributed by atoms with E-state index in [0.717, 1.165) is 0 Å². The maximum absolute atomic E-state index is 11.7. The van der Waals surface area contributed by atoms with Crippen LogP contribution in [0.25, 0.3) is 22.6 Å². The Hall–Kier alpha value is -2.82. The molecule has 0 amide bonds. The molecule has 0 spiro atoms. The van der Waals surface area contributed by atoms with Gasteiger partial charge >= 0.3 is 5.97 Å². The Morgan fingerprint density at radius 2 is 2.10 bits per heavy atom. The number of ether oxygens (including phenoxy) is 1. The van der Waals surface area contributed by atoms with Gasteiger partial charge in [-0.1, -0.05) is 18.1 Å². The second-order valence-electron chi connectivity index (χ2n) is 3.92. The number of oxazole rings is 1. The van der Waals surface area contributed by atoms with Crippen LogP contribution in [-0.4, -0.2) is 18.1 Å². The van der Waals surface area contributed by atoms with E-state index in [-0.39, 0.29) is 33.8 Å². The van der Waals surface area contributed by atoms with Gasteiger partial charge in [0.15, 0.2) is 5.58 Å². The molecule has 5 heteroatoms. The van der Waals surface area contributed by atoms with E-state index in [4.69, 9.17) is 17.0 Å². The number of rotatable bonds is 2. The van der Waals surface area contributed by atoms with E-state index in [0.29, 0.717) is 0 Å². The van der Waals surface area contributed by atoms with E-state index >= 15 is 0 Å². The number of hydrogen-bond acceptors (Lipinski definition) is 5. The number of anilines is 1. The lowest BCUT2D eigenvalue weighted by Crippen LogP contribution is -2.05. The molecule has 20 heavy (non-hydrogen) atoms. The lowest BCUT2D eigenvalue weighted by molar-refractivity contribution is 0.0602. The van der Waals surface area contributed by atoms with Crippen LogP contribution in [0.3, 0.4) is 0 Å². The first-order valence-electron chi connectivity index (χ1n) is 8.12. The zero-order valence-corrected chi connectivity index (χ0v) is 10.4. The number of carbonyl (C=O) groups is 1. The molecule has 3 aromatic rings. The van der Waals surface area contributed by atoms with Gasteiger partial charge in [0.2, 0.25) is 5.89 Å². The van der Waals surface area contributed by atoms with Crippen molar-refractivity contribution in [2.75, 3.05) is 12.8 Å². The molecular weight excluding hydrogens is 256 g/mol. The summed E-state index contributed by atoms with van der Waals surface area (Å²) in [6.07, 6.45) is 0. The van der Waals surface area contributed by atoms with Crippen LogP contribution in [0.2, 0.25) is 0 Å². The van der Waals surface area contributed by atoms with Gasteiger partial charge in [0, 0.05) is 11.3 Å². The third-order valence-corrected chi connectivity index (χ3v) is 2.68. The third kappa shape index (κ3) is 1.99. The van der Waals surface area contributed by atoms with E-state index in [9.17, 15) is 4.79 Å². The molecule has 3 rings (SSSR count). The molecule has 0 fully saturated rings. The van der Waals surface area contributed by atoms with Crippen LogP contribution in [0.1, 0.15) is 17.2 Å². The topological polar surface area (TPSA) is 78.3 Å². The number of fused-ring (bicyclic) bond motifs is 1. The van der Waals surface area contributed by atoms with E-state index < -0.39 is 36.2 Å². The monoisotopic (exact) mass is 273 g/mol. The van der Waals surface area contributed by atoms with E-state index in [1.54, 1.807) is 0 Å². The zero-order chi connectivity index (χ0) is 18.5. The molecule has 0 unspecified atom stereocenters. The van der Waals surface area contributed by atoms with Gasteiger partial charge in [0.25, 0.3) is 0 Å². The number of hydrogen-bond donors (Lipinski definition) is 1. The molecule has 0 saturated heterocycles. The Bertz CT molecular complexity index is 1000. The summed E-state index contributed by atoms with van der Waals surface area (Å²) in [5, 5.41) is 0. The summed E-state index contributed by atoms with van der Waals surface area (Å²) < 4.78 is 49.1. The molecule has 2 N–H and O–H groups in total. The first-order valence-corrected chi connectivity index (χ1v) is 5.62. The number of methoxy groups -OCH3 is 1. The van der Waals surface area contributed by atoms with Crippen LogP contribution in [0.4, 0.5) is 5.69 Å². The Morgan fingerprint density at radius 3 is 2.80 bits per heavy atom. The molecule has 0 atom stereocenters. The number of carbonyl (C=O) groups excluding carboxylic acids is 1. The lowest BCUT2D eigenvalue weighted by atomic mass is 10.1. The van der Waals surface area contributed by atoms with Crippen molar-refractivity contribution >= 4 is 22.8 Å². The quantitative estimate of drug-likeness (QED) is 0.573.